The van der Waals surface area contributed by atoms with Crippen molar-refractivity contribution in [2.24, 2.45) is 5.92 Å². The summed E-state index contributed by atoms with van der Waals surface area (Å²) in [6.45, 7) is -0.381. The summed E-state index contributed by atoms with van der Waals surface area (Å²) in [5, 5.41) is 13.8. The van der Waals surface area contributed by atoms with Crippen molar-refractivity contribution in [2.75, 3.05) is 11.9 Å². The Morgan fingerprint density at radius 3 is 2.20 bits per heavy atom. The third-order valence-electron chi connectivity index (χ3n) is 4.49. The van der Waals surface area contributed by atoms with Crippen LogP contribution in [0, 0.1) is 5.92 Å². The molecule has 0 heterocycles. The van der Waals surface area contributed by atoms with Gasteiger partial charge in [-0.2, -0.15) is 0 Å². The number of rotatable bonds is 7. The van der Waals surface area contributed by atoms with E-state index in [0.717, 1.165) is 18.4 Å². The maximum atomic E-state index is 12.2. The van der Waals surface area contributed by atoms with E-state index in [4.69, 9.17) is 5.11 Å². The average molecular weight is 346 g/mol. The van der Waals surface area contributed by atoms with Crippen molar-refractivity contribution in [1.82, 2.24) is 5.32 Å². The van der Waals surface area contributed by atoms with E-state index in [0.29, 0.717) is 18.0 Å². The molecule has 1 aromatic rings. The molecule has 0 spiro atoms. The third-order valence-corrected chi connectivity index (χ3v) is 4.49. The molecule has 136 valence electrons. The summed E-state index contributed by atoms with van der Waals surface area (Å²) in [5.41, 5.74) is 1.48. The minimum absolute atomic E-state index is 0.0406. The van der Waals surface area contributed by atoms with Crippen molar-refractivity contribution in [2.45, 2.75) is 51.4 Å². The lowest BCUT2D eigenvalue weighted by molar-refractivity contribution is -0.137. The molecule has 1 aliphatic carbocycles. The van der Waals surface area contributed by atoms with Gasteiger partial charge in [0.2, 0.25) is 11.8 Å². The van der Waals surface area contributed by atoms with E-state index >= 15 is 0 Å². The zero-order chi connectivity index (χ0) is 18.1. The smallest absolute Gasteiger partial charge is 0.322 e. The van der Waals surface area contributed by atoms with Gasteiger partial charge in [0.25, 0.3) is 0 Å². The van der Waals surface area contributed by atoms with E-state index in [9.17, 15) is 14.4 Å². The van der Waals surface area contributed by atoms with Crippen LogP contribution in [-0.4, -0.2) is 29.4 Å². The first-order valence-electron chi connectivity index (χ1n) is 8.90. The fourth-order valence-corrected chi connectivity index (χ4v) is 3.17. The molecule has 0 atom stereocenters. The van der Waals surface area contributed by atoms with E-state index in [1.54, 1.807) is 24.3 Å². The molecule has 0 bridgehead atoms. The first-order chi connectivity index (χ1) is 12.0. The van der Waals surface area contributed by atoms with Gasteiger partial charge in [-0.05, 0) is 36.5 Å². The summed E-state index contributed by atoms with van der Waals surface area (Å²) >= 11 is 0. The van der Waals surface area contributed by atoms with Gasteiger partial charge in [0.1, 0.15) is 6.54 Å². The minimum atomic E-state index is -1.07. The number of benzene rings is 1. The van der Waals surface area contributed by atoms with Crippen LogP contribution in [0.15, 0.2) is 24.3 Å². The van der Waals surface area contributed by atoms with Gasteiger partial charge in [0.15, 0.2) is 0 Å². The molecule has 0 aliphatic heterocycles. The average Bonchev–Trinajstić information content (AvgIpc) is 2.83. The van der Waals surface area contributed by atoms with Gasteiger partial charge in [-0.25, -0.2) is 0 Å². The monoisotopic (exact) mass is 346 g/mol. The van der Waals surface area contributed by atoms with Crippen molar-refractivity contribution in [1.29, 1.82) is 0 Å². The van der Waals surface area contributed by atoms with Crippen LogP contribution in [0.3, 0.4) is 0 Å². The van der Waals surface area contributed by atoms with E-state index in [1.807, 2.05) is 0 Å². The lowest BCUT2D eigenvalue weighted by Crippen LogP contribution is -2.30. The number of anilines is 1. The van der Waals surface area contributed by atoms with Crippen LogP contribution >= 0.6 is 0 Å². The van der Waals surface area contributed by atoms with E-state index in [1.165, 1.54) is 25.7 Å². The lowest BCUT2D eigenvalue weighted by Gasteiger charge is -2.13. The molecule has 0 radical (unpaired) electrons. The molecule has 1 aliphatic rings. The number of nitrogens with one attached hydrogen (secondary N) is 2. The number of amides is 2. The van der Waals surface area contributed by atoms with Gasteiger partial charge >= 0.3 is 5.97 Å². The van der Waals surface area contributed by atoms with Crippen LogP contribution in [0.1, 0.15) is 50.5 Å². The van der Waals surface area contributed by atoms with E-state index in [2.05, 4.69) is 10.6 Å². The zero-order valence-corrected chi connectivity index (χ0v) is 14.4. The fourth-order valence-electron chi connectivity index (χ4n) is 3.17. The van der Waals surface area contributed by atoms with Crippen LogP contribution < -0.4 is 10.6 Å². The van der Waals surface area contributed by atoms with Gasteiger partial charge in [-0.3, -0.25) is 14.4 Å². The molecule has 3 N–H and O–H groups in total. The van der Waals surface area contributed by atoms with Crippen molar-refractivity contribution in [3.8, 4) is 0 Å². The number of hydrogen-bond acceptors (Lipinski definition) is 3. The summed E-state index contributed by atoms with van der Waals surface area (Å²) in [7, 11) is 0. The SMILES string of the molecule is O=C(O)CNC(=O)Cc1ccc(NC(=O)CC2CCCCCC2)cc1. The molecule has 6 heteroatoms. The molecule has 0 saturated heterocycles. The second-order valence-corrected chi connectivity index (χ2v) is 6.65. The molecule has 6 nitrogen and oxygen atoms in total. The largest absolute Gasteiger partial charge is 0.480 e. The predicted octanol–water partition coefficient (Wildman–Crippen LogP) is 2.73. The Labute approximate surface area is 148 Å². The molecule has 1 fully saturated rings. The summed E-state index contributed by atoms with van der Waals surface area (Å²) in [6, 6.07) is 7.07. The molecule has 1 saturated carbocycles. The second-order valence-electron chi connectivity index (χ2n) is 6.65. The lowest BCUT2D eigenvalue weighted by atomic mass is 9.96. The maximum absolute atomic E-state index is 12.2. The van der Waals surface area contributed by atoms with Gasteiger partial charge in [-0.15, -0.1) is 0 Å². The minimum Gasteiger partial charge on any atom is -0.480 e. The molecule has 2 rings (SSSR count). The number of aliphatic carboxylic acids is 1. The molecular weight excluding hydrogens is 320 g/mol. The third kappa shape index (κ3) is 7.37. The maximum Gasteiger partial charge on any atom is 0.322 e. The number of carbonyl (C=O) groups is 3. The number of hydrogen-bond donors (Lipinski definition) is 3. The van der Waals surface area contributed by atoms with E-state index < -0.39 is 5.97 Å². The summed E-state index contributed by atoms with van der Waals surface area (Å²) < 4.78 is 0. The van der Waals surface area contributed by atoms with Crippen LogP contribution in [-0.2, 0) is 20.8 Å². The summed E-state index contributed by atoms with van der Waals surface area (Å²) in [4.78, 5) is 34.2. The molecular formula is C19H26N2O4. The van der Waals surface area contributed by atoms with Gasteiger partial charge < -0.3 is 15.7 Å². The number of carboxylic acid groups (broad SMARTS) is 1. The zero-order valence-electron chi connectivity index (χ0n) is 14.4. The van der Waals surface area contributed by atoms with Crippen LogP contribution in [0.2, 0.25) is 0 Å². The molecule has 25 heavy (non-hydrogen) atoms. The van der Waals surface area contributed by atoms with Crippen molar-refractivity contribution in [3.63, 3.8) is 0 Å². The Hall–Kier alpha value is -2.37. The molecule has 0 unspecified atom stereocenters. The Balaban J connectivity index is 1.78. The Kier molecular flexibility index (Phi) is 7.44. The van der Waals surface area contributed by atoms with Gasteiger partial charge in [0, 0.05) is 12.1 Å². The van der Waals surface area contributed by atoms with Crippen LogP contribution in [0.4, 0.5) is 5.69 Å². The Morgan fingerprint density at radius 1 is 0.960 bits per heavy atom. The van der Waals surface area contributed by atoms with Crippen molar-refractivity contribution >= 4 is 23.5 Å². The Bertz CT molecular complexity index is 590. The first kappa shape index (κ1) is 19.0. The molecule has 0 aromatic heterocycles. The van der Waals surface area contributed by atoms with Crippen molar-refractivity contribution < 1.29 is 19.5 Å². The van der Waals surface area contributed by atoms with Gasteiger partial charge in [0.05, 0.1) is 6.42 Å². The molecule has 1 aromatic carbocycles. The highest BCUT2D eigenvalue weighted by molar-refractivity contribution is 5.91. The predicted molar refractivity (Wildman–Crippen MR) is 95.2 cm³/mol. The fraction of sp³-hybridized carbons (Fsp3) is 0.526. The van der Waals surface area contributed by atoms with Crippen LogP contribution in [0.5, 0.6) is 0 Å². The van der Waals surface area contributed by atoms with E-state index in [-0.39, 0.29) is 24.8 Å². The second kappa shape index (κ2) is 9.81. The first-order valence-corrected chi connectivity index (χ1v) is 8.90. The highest BCUT2D eigenvalue weighted by atomic mass is 16.4. The quantitative estimate of drug-likeness (QED) is 0.662. The topological polar surface area (TPSA) is 95.5 Å². The van der Waals surface area contributed by atoms with Gasteiger partial charge in [-0.1, -0.05) is 37.8 Å². The highest BCUT2D eigenvalue weighted by Crippen LogP contribution is 2.25. The normalized spacial score (nSPS) is 15.2. The van der Waals surface area contributed by atoms with Crippen molar-refractivity contribution in [3.05, 3.63) is 29.8 Å². The summed E-state index contributed by atoms with van der Waals surface area (Å²) in [6.07, 6.45) is 7.95. The molecule has 2 amide bonds. The Morgan fingerprint density at radius 2 is 1.60 bits per heavy atom. The highest BCUT2D eigenvalue weighted by Gasteiger charge is 2.16. The standard InChI is InChI=1S/C19H26N2O4/c22-17(20-13-19(24)25)11-15-7-9-16(10-8-15)21-18(23)12-14-5-3-1-2-4-6-14/h7-10,14H,1-6,11-13H2,(H,20,22)(H,21,23)(H,24,25). The summed E-state index contributed by atoms with van der Waals surface area (Å²) in [5.74, 6) is -0.883. The number of carbonyl (C=O) groups excluding carboxylic acids is 2. The number of carboxylic acids is 1. The van der Waals surface area contributed by atoms with Crippen LogP contribution in [0.25, 0.3) is 0 Å².